The summed E-state index contributed by atoms with van der Waals surface area (Å²) in [4.78, 5) is 0. The third kappa shape index (κ3) is 3.24. The van der Waals surface area contributed by atoms with Crippen LogP contribution < -0.4 is 0 Å². The smallest absolute Gasteiger partial charge is 0.00135 e. The van der Waals surface area contributed by atoms with Crippen LogP contribution in [0.5, 0.6) is 0 Å². The van der Waals surface area contributed by atoms with E-state index in [-0.39, 0.29) is 0 Å². The number of terminal acetylenes is 1. The van der Waals surface area contributed by atoms with E-state index >= 15 is 0 Å². The van der Waals surface area contributed by atoms with Gasteiger partial charge in [-0.25, -0.2) is 0 Å². The van der Waals surface area contributed by atoms with E-state index in [2.05, 4.69) is 110 Å². The molecule has 2 aliphatic carbocycles. The summed E-state index contributed by atoms with van der Waals surface area (Å²) in [6.45, 7) is 0. The quantitative estimate of drug-likeness (QED) is 0.264. The molecule has 0 atom stereocenters. The second-order valence-electron chi connectivity index (χ2n) is 6.96. The molecule has 0 saturated carbocycles. The van der Waals surface area contributed by atoms with Crippen LogP contribution in [0.2, 0.25) is 0 Å². The normalized spacial score (nSPS) is 12.1. The predicted molar refractivity (Wildman–Crippen MR) is 121 cm³/mol. The van der Waals surface area contributed by atoms with Crippen molar-refractivity contribution in [3.8, 4) is 24.0 Å². The maximum absolute atomic E-state index is 4.00. The molecule has 2 aliphatic rings. The van der Waals surface area contributed by atoms with Crippen LogP contribution in [0.15, 0.2) is 91.0 Å². The van der Waals surface area contributed by atoms with Crippen molar-refractivity contribution in [3.05, 3.63) is 113 Å². The van der Waals surface area contributed by atoms with Crippen molar-refractivity contribution in [2.75, 3.05) is 0 Å². The molecule has 4 aromatic carbocycles. The Labute approximate surface area is 167 Å². The van der Waals surface area contributed by atoms with Crippen molar-refractivity contribution in [3.63, 3.8) is 0 Å². The van der Waals surface area contributed by atoms with E-state index in [1.54, 1.807) is 0 Å². The van der Waals surface area contributed by atoms with Gasteiger partial charge in [-0.05, 0) is 57.0 Å². The minimum atomic E-state index is 1.08. The fourth-order valence-electron chi connectivity index (χ4n) is 4.15. The van der Waals surface area contributed by atoms with Gasteiger partial charge < -0.3 is 0 Å². The average molecular weight is 358 g/mol. The Morgan fingerprint density at radius 2 is 1.14 bits per heavy atom. The number of rotatable bonds is 0. The first-order valence-corrected chi connectivity index (χ1v) is 9.57. The highest BCUT2D eigenvalue weighted by atomic mass is 14.2. The van der Waals surface area contributed by atoms with Gasteiger partial charge >= 0.3 is 0 Å². The molecule has 0 saturated heterocycles. The van der Waals surface area contributed by atoms with Gasteiger partial charge in [-0.3, -0.25) is 0 Å². The van der Waals surface area contributed by atoms with Crippen molar-refractivity contribution in [1.29, 1.82) is 0 Å². The molecule has 134 valence electrons. The van der Waals surface area contributed by atoms with Crippen LogP contribution in [0.25, 0.3) is 28.0 Å². The van der Waals surface area contributed by atoms with Crippen LogP contribution in [0, 0.1) is 12.8 Å². The van der Waals surface area contributed by atoms with Gasteiger partial charge in [0.05, 0.1) is 0 Å². The Morgan fingerprint density at radius 3 is 1.82 bits per heavy atom. The summed E-state index contributed by atoms with van der Waals surface area (Å²) in [6, 6.07) is 30.3. The molecular weight excluding hydrogens is 336 g/mol. The minimum Gasteiger partial charge on any atom is -0.124 e. The molecule has 0 aromatic heterocycles. The Bertz CT molecular complexity index is 1130. The van der Waals surface area contributed by atoms with Gasteiger partial charge in [0.2, 0.25) is 0 Å². The highest BCUT2D eigenvalue weighted by Crippen LogP contribution is 2.35. The minimum absolute atomic E-state index is 1.08. The highest BCUT2D eigenvalue weighted by molar-refractivity contribution is 5.94. The van der Waals surface area contributed by atoms with E-state index in [1.807, 2.05) is 0 Å². The third-order valence-electron chi connectivity index (χ3n) is 5.36. The van der Waals surface area contributed by atoms with E-state index in [9.17, 15) is 0 Å². The molecule has 0 radical (unpaired) electrons. The Kier molecular flexibility index (Phi) is 5.09. The molecule has 0 fully saturated rings. The molecule has 0 aliphatic heterocycles. The standard InChI is InChI=1S/2C13H10.C2H2/c1-4-10-6-2-8-12-9-3-7-11(5-1)13(10)12;1-3-7-12-10(5-1)9-11-6-2-4-8-13(11)12;1-2/h2*1-8H,9H2;1-2H. The van der Waals surface area contributed by atoms with Crippen molar-refractivity contribution >= 4 is 16.8 Å². The summed E-state index contributed by atoms with van der Waals surface area (Å²) in [5.41, 5.74) is 8.57. The molecule has 0 unspecified atom stereocenters. The van der Waals surface area contributed by atoms with Gasteiger partial charge in [-0.2, -0.15) is 0 Å². The number of hydrogen-bond acceptors (Lipinski definition) is 0. The van der Waals surface area contributed by atoms with Crippen molar-refractivity contribution < 1.29 is 0 Å². The lowest BCUT2D eigenvalue weighted by Gasteiger charge is -2.11. The Hall–Kier alpha value is -3.56. The largest absolute Gasteiger partial charge is 0.124 e. The lowest BCUT2D eigenvalue weighted by molar-refractivity contribution is 1.26. The Balaban J connectivity index is 0.000000126. The van der Waals surface area contributed by atoms with Gasteiger partial charge in [-0.1, -0.05) is 97.1 Å². The van der Waals surface area contributed by atoms with Crippen LogP contribution in [0.3, 0.4) is 0 Å². The number of hydrogen-bond donors (Lipinski definition) is 0. The lowest BCUT2D eigenvalue weighted by Crippen LogP contribution is -1.91. The van der Waals surface area contributed by atoms with Crippen molar-refractivity contribution in [1.82, 2.24) is 0 Å². The average Bonchev–Trinajstić information content (AvgIpc) is 3.15. The fourth-order valence-corrected chi connectivity index (χ4v) is 4.15. The number of benzene rings is 4. The second kappa shape index (κ2) is 7.99. The lowest BCUT2D eigenvalue weighted by atomic mass is 9.93. The topological polar surface area (TPSA) is 0 Å². The monoisotopic (exact) mass is 358 g/mol. The van der Waals surface area contributed by atoms with Crippen LogP contribution >= 0.6 is 0 Å². The maximum Gasteiger partial charge on any atom is -0.00135 e. The first kappa shape index (κ1) is 17.8. The molecule has 28 heavy (non-hydrogen) atoms. The second-order valence-corrected chi connectivity index (χ2v) is 6.96. The van der Waals surface area contributed by atoms with Crippen LogP contribution in [0.4, 0.5) is 0 Å². The van der Waals surface area contributed by atoms with E-state index in [0.717, 1.165) is 12.8 Å². The summed E-state index contributed by atoms with van der Waals surface area (Å²) in [5, 5.41) is 2.80. The summed E-state index contributed by atoms with van der Waals surface area (Å²) in [7, 11) is 0. The van der Waals surface area contributed by atoms with Gasteiger partial charge in [0.1, 0.15) is 0 Å². The molecule has 0 amide bonds. The molecule has 0 spiro atoms. The summed E-state index contributed by atoms with van der Waals surface area (Å²) in [5.74, 6) is 0. The molecule has 0 heteroatoms. The molecule has 0 nitrogen and oxygen atoms in total. The number of allylic oxidation sites excluding steroid dienone is 1. The van der Waals surface area contributed by atoms with Crippen LogP contribution in [-0.4, -0.2) is 0 Å². The highest BCUT2D eigenvalue weighted by Gasteiger charge is 2.15. The van der Waals surface area contributed by atoms with Crippen molar-refractivity contribution in [2.45, 2.75) is 12.8 Å². The van der Waals surface area contributed by atoms with E-state index in [4.69, 9.17) is 0 Å². The summed E-state index contributed by atoms with van der Waals surface area (Å²) in [6.07, 6.45) is 14.6. The maximum atomic E-state index is 4.00. The van der Waals surface area contributed by atoms with E-state index < -0.39 is 0 Å². The van der Waals surface area contributed by atoms with E-state index in [1.165, 1.54) is 44.2 Å². The zero-order chi connectivity index (χ0) is 19.3. The summed E-state index contributed by atoms with van der Waals surface area (Å²) >= 11 is 0. The van der Waals surface area contributed by atoms with Crippen LogP contribution in [0.1, 0.15) is 22.3 Å². The fraction of sp³-hybridized carbons (Fsp3) is 0.0714. The molecule has 0 N–H and O–H groups in total. The Morgan fingerprint density at radius 1 is 0.571 bits per heavy atom. The zero-order valence-corrected chi connectivity index (χ0v) is 15.8. The summed E-state index contributed by atoms with van der Waals surface area (Å²) < 4.78 is 0. The van der Waals surface area contributed by atoms with Crippen LogP contribution in [-0.2, 0) is 12.8 Å². The molecule has 6 rings (SSSR count). The molecule has 4 aromatic rings. The first-order valence-electron chi connectivity index (χ1n) is 9.57. The number of fused-ring (bicyclic) bond motifs is 3. The predicted octanol–water partition coefficient (Wildman–Crippen LogP) is 6.92. The first-order chi connectivity index (χ1) is 13.9. The van der Waals surface area contributed by atoms with Crippen molar-refractivity contribution in [2.24, 2.45) is 0 Å². The zero-order valence-electron chi connectivity index (χ0n) is 15.8. The third-order valence-corrected chi connectivity index (χ3v) is 5.36. The molecular formula is C28H22. The van der Waals surface area contributed by atoms with Gasteiger partial charge in [-0.15, -0.1) is 12.8 Å². The SMILES string of the molecule is C#C.C1=Cc2cccc3cccc(c23)C1.c1ccc2c(c1)Cc1ccccc1-2. The van der Waals surface area contributed by atoms with Gasteiger partial charge in [0.25, 0.3) is 0 Å². The van der Waals surface area contributed by atoms with Gasteiger partial charge in [0.15, 0.2) is 0 Å². The molecule has 0 bridgehead atoms. The van der Waals surface area contributed by atoms with E-state index in [0.29, 0.717) is 0 Å². The van der Waals surface area contributed by atoms with Gasteiger partial charge in [0, 0.05) is 0 Å². The molecule has 0 heterocycles.